The largest absolute Gasteiger partial charge is 0.388 e. The first kappa shape index (κ1) is 38.6. The third kappa shape index (κ3) is 17.2. The van der Waals surface area contributed by atoms with Crippen molar-refractivity contribution in [1.29, 1.82) is 0 Å². The zero-order chi connectivity index (χ0) is 32.5. The van der Waals surface area contributed by atoms with E-state index >= 15 is 0 Å². The highest BCUT2D eigenvalue weighted by molar-refractivity contribution is 7.99. The van der Waals surface area contributed by atoms with Gasteiger partial charge in [0.1, 0.15) is 26.3 Å². The van der Waals surface area contributed by atoms with E-state index in [0.717, 1.165) is 37.2 Å². The van der Waals surface area contributed by atoms with Crippen LogP contribution in [0, 0.1) is 11.5 Å². The lowest BCUT2D eigenvalue weighted by molar-refractivity contribution is -0.130. The smallest absolute Gasteiger partial charge is 0.382 e. The summed E-state index contributed by atoms with van der Waals surface area (Å²) in [6, 6.07) is 0.181. The summed E-state index contributed by atoms with van der Waals surface area (Å²) in [7, 11) is -5.91. The SMILES string of the molecule is C[C@H](Cn1cnc2c(N)ncnc21)OCP(=O)(O)OCCCSCCCCCCCCCCC#C[Si](C)(C)CCC(F)(F)F. The van der Waals surface area contributed by atoms with Gasteiger partial charge in [0.25, 0.3) is 0 Å². The maximum Gasteiger partial charge on any atom is 0.388 e. The van der Waals surface area contributed by atoms with E-state index in [4.69, 9.17) is 15.0 Å². The van der Waals surface area contributed by atoms with Gasteiger partial charge in [0.15, 0.2) is 11.5 Å². The Kier molecular flexibility index (Phi) is 17.3. The number of imidazole rings is 1. The summed E-state index contributed by atoms with van der Waals surface area (Å²) in [6.07, 6.45) is 8.20. The Hall–Kier alpha value is -1.62. The molecule has 1 unspecified atom stereocenters. The molecule has 9 nitrogen and oxygen atoms in total. The van der Waals surface area contributed by atoms with Crippen LogP contribution in [0.4, 0.5) is 19.0 Å². The average Bonchev–Trinajstić information content (AvgIpc) is 3.36. The fourth-order valence-corrected chi connectivity index (χ4v) is 7.89. The molecule has 0 aliphatic carbocycles. The molecule has 250 valence electrons. The molecular weight excluding hydrogens is 630 g/mol. The fraction of sp³-hybridized carbons (Fsp3) is 0.759. The van der Waals surface area contributed by atoms with Crippen molar-refractivity contribution < 1.29 is 31.9 Å². The summed E-state index contributed by atoms with van der Waals surface area (Å²) in [5.41, 5.74) is 10.0. The number of hydrogen-bond acceptors (Lipinski definition) is 8. The molecule has 0 radical (unpaired) electrons. The van der Waals surface area contributed by atoms with Crippen LogP contribution in [-0.4, -0.2) is 69.2 Å². The second kappa shape index (κ2) is 19.8. The molecule has 0 aliphatic rings. The fourth-order valence-electron chi connectivity index (χ4n) is 4.39. The van der Waals surface area contributed by atoms with Gasteiger partial charge in [-0.1, -0.05) is 51.6 Å². The first-order valence-corrected chi connectivity index (χ1v) is 21.5. The minimum absolute atomic E-state index is 0.181. The van der Waals surface area contributed by atoms with Crippen LogP contribution in [0.3, 0.4) is 0 Å². The summed E-state index contributed by atoms with van der Waals surface area (Å²) in [6.45, 7) is 6.22. The number of ether oxygens (including phenoxy) is 1. The highest BCUT2D eigenvalue weighted by atomic mass is 32.2. The van der Waals surface area contributed by atoms with Crippen LogP contribution in [0.15, 0.2) is 12.7 Å². The molecule has 0 amide bonds. The first-order valence-electron chi connectivity index (χ1n) is 15.4. The van der Waals surface area contributed by atoms with Crippen LogP contribution >= 0.6 is 19.4 Å². The minimum atomic E-state index is -4.08. The standard InChI is InChI=1S/C29H49F3N5O4PSSi/c1-25(21-37-23-36-26-27(33)34-22-35-28(26)37)40-24-42(38,39)41-16-14-18-43-17-12-10-8-6-4-5-7-9-11-13-19-44(2,3)20-15-29(30,31)32/h22-23,25H,4-12,14-18,20-21,24H2,1-3H3,(H,38,39)(H2,33,34,35)/t25-/m1/s1. The van der Waals surface area contributed by atoms with Crippen LogP contribution in [0.25, 0.3) is 11.2 Å². The molecule has 3 N–H and O–H groups in total. The van der Waals surface area contributed by atoms with Gasteiger partial charge in [0.05, 0.1) is 25.6 Å². The van der Waals surface area contributed by atoms with Crippen LogP contribution < -0.4 is 5.73 Å². The first-order chi connectivity index (χ1) is 20.8. The Balaban J connectivity index is 1.39. The second-order valence-corrected chi connectivity index (χ2v) is 19.3. The number of fused-ring (bicyclic) bond motifs is 1. The van der Waals surface area contributed by atoms with Gasteiger partial charge in [-0.25, -0.2) is 15.0 Å². The van der Waals surface area contributed by atoms with E-state index in [0.29, 0.717) is 29.9 Å². The number of rotatable bonds is 22. The number of hydrogen-bond donors (Lipinski definition) is 2. The van der Waals surface area contributed by atoms with Gasteiger partial charge in [-0.05, 0) is 43.7 Å². The molecule has 0 spiro atoms. The number of nitrogens with zero attached hydrogens (tertiary/aromatic N) is 4. The quantitative estimate of drug-likeness (QED) is 0.0555. The van der Waals surface area contributed by atoms with Crippen LogP contribution in [0.2, 0.25) is 19.1 Å². The molecule has 2 aromatic heterocycles. The molecule has 0 aromatic carbocycles. The molecule has 2 aromatic rings. The normalized spacial score (nSPS) is 14.3. The number of unbranched alkanes of at least 4 members (excludes halogenated alkanes) is 8. The van der Waals surface area contributed by atoms with Gasteiger partial charge in [-0.3, -0.25) is 4.57 Å². The lowest BCUT2D eigenvalue weighted by atomic mass is 10.1. The molecule has 0 aliphatic heterocycles. The Labute approximate surface area is 265 Å². The molecular formula is C29H49F3N5O4PSSi. The number of nitrogen functional groups attached to an aromatic ring is 1. The molecule has 0 saturated carbocycles. The topological polar surface area (TPSA) is 125 Å². The molecule has 15 heteroatoms. The third-order valence-electron chi connectivity index (χ3n) is 6.93. The van der Waals surface area contributed by atoms with E-state index in [2.05, 4.69) is 26.4 Å². The van der Waals surface area contributed by atoms with Crippen LogP contribution in [-0.2, 0) is 20.4 Å². The van der Waals surface area contributed by atoms with Gasteiger partial charge in [0.2, 0.25) is 0 Å². The van der Waals surface area contributed by atoms with Crippen molar-refractivity contribution in [3.05, 3.63) is 12.7 Å². The van der Waals surface area contributed by atoms with E-state index in [1.807, 2.05) is 24.9 Å². The molecule has 2 rings (SSSR count). The minimum Gasteiger partial charge on any atom is -0.382 e. The van der Waals surface area contributed by atoms with Crippen molar-refractivity contribution in [2.45, 2.75) is 116 Å². The van der Waals surface area contributed by atoms with Gasteiger partial charge in [-0.2, -0.15) is 24.9 Å². The number of alkyl halides is 3. The molecule has 2 atom stereocenters. The summed E-state index contributed by atoms with van der Waals surface area (Å²) < 4.78 is 62.1. The zero-order valence-electron chi connectivity index (χ0n) is 26.3. The van der Waals surface area contributed by atoms with Gasteiger partial charge in [0, 0.05) is 12.8 Å². The Morgan fingerprint density at radius 1 is 1.07 bits per heavy atom. The van der Waals surface area contributed by atoms with Crippen molar-refractivity contribution >= 4 is 44.4 Å². The number of thioether (sulfide) groups is 1. The number of nitrogens with two attached hydrogens (primary N) is 1. The van der Waals surface area contributed by atoms with E-state index in [1.165, 1.54) is 38.4 Å². The van der Waals surface area contributed by atoms with Crippen molar-refractivity contribution in [1.82, 2.24) is 19.5 Å². The second-order valence-electron chi connectivity index (χ2n) is 11.8. The van der Waals surface area contributed by atoms with Gasteiger partial charge < -0.3 is 24.5 Å². The van der Waals surface area contributed by atoms with E-state index < -0.39 is 28.3 Å². The van der Waals surface area contributed by atoms with Crippen molar-refractivity contribution in [2.75, 3.05) is 30.2 Å². The van der Waals surface area contributed by atoms with Crippen molar-refractivity contribution in [3.8, 4) is 11.5 Å². The predicted molar refractivity (Wildman–Crippen MR) is 175 cm³/mol. The summed E-state index contributed by atoms with van der Waals surface area (Å²) >= 11 is 1.84. The van der Waals surface area contributed by atoms with E-state index in [1.54, 1.807) is 17.8 Å². The monoisotopic (exact) mass is 679 g/mol. The van der Waals surface area contributed by atoms with Gasteiger partial charge >= 0.3 is 13.8 Å². The Bertz CT molecular complexity index is 1230. The lowest BCUT2D eigenvalue weighted by Gasteiger charge is -2.17. The van der Waals surface area contributed by atoms with E-state index in [9.17, 15) is 22.6 Å². The molecule has 0 saturated heterocycles. The predicted octanol–water partition coefficient (Wildman–Crippen LogP) is 7.81. The third-order valence-corrected chi connectivity index (χ3v) is 11.5. The zero-order valence-corrected chi connectivity index (χ0v) is 29.0. The molecule has 0 bridgehead atoms. The molecule has 2 heterocycles. The summed E-state index contributed by atoms with van der Waals surface area (Å²) in [4.78, 5) is 22.4. The van der Waals surface area contributed by atoms with Crippen molar-refractivity contribution in [2.24, 2.45) is 0 Å². The van der Waals surface area contributed by atoms with Crippen LogP contribution in [0.1, 0.15) is 77.6 Å². The number of halogens is 3. The van der Waals surface area contributed by atoms with E-state index in [-0.39, 0.29) is 25.1 Å². The van der Waals surface area contributed by atoms with Crippen LogP contribution in [0.5, 0.6) is 0 Å². The highest BCUT2D eigenvalue weighted by Gasteiger charge is 2.31. The summed E-state index contributed by atoms with van der Waals surface area (Å²) in [5.74, 6) is 5.37. The average molecular weight is 680 g/mol. The number of aromatic nitrogens is 4. The maximum atomic E-state index is 12.4. The van der Waals surface area contributed by atoms with Gasteiger partial charge in [-0.15, -0.1) is 11.5 Å². The summed E-state index contributed by atoms with van der Waals surface area (Å²) in [5, 5.41) is 0. The Morgan fingerprint density at radius 3 is 2.43 bits per heavy atom. The lowest BCUT2D eigenvalue weighted by Crippen LogP contribution is -2.26. The Morgan fingerprint density at radius 2 is 1.73 bits per heavy atom. The maximum absolute atomic E-state index is 12.4. The molecule has 44 heavy (non-hydrogen) atoms. The molecule has 0 fully saturated rings. The highest BCUT2D eigenvalue weighted by Crippen LogP contribution is 2.42. The van der Waals surface area contributed by atoms with Crippen molar-refractivity contribution in [3.63, 3.8) is 0 Å². The number of anilines is 1.